The highest BCUT2D eigenvalue weighted by Crippen LogP contribution is 2.78. The summed E-state index contributed by atoms with van der Waals surface area (Å²) in [4.78, 5) is 0. The lowest BCUT2D eigenvalue weighted by molar-refractivity contribution is -0.00829. The molecule has 6 aliphatic carbocycles. The molecule has 0 spiro atoms. The smallest absolute Gasteiger partial charge is 0.0648 e. The SMILES string of the molecule is CCC1C(CCCCC#N)C2CC1C1C3OC(C21)C1C2CC(C4C5C=CC(C5)C24)C31. The number of nitrogens with zero attached hydrogens (tertiary/aromatic N) is 1. The fourth-order valence-corrected chi connectivity index (χ4v) is 12.4. The van der Waals surface area contributed by atoms with Crippen LogP contribution in [0.15, 0.2) is 12.2 Å². The van der Waals surface area contributed by atoms with Crippen LogP contribution in [0, 0.1) is 94.2 Å². The monoisotopic (exact) mass is 403 g/mol. The highest BCUT2D eigenvalue weighted by atomic mass is 16.5. The number of hydrogen-bond acceptors (Lipinski definition) is 2. The van der Waals surface area contributed by atoms with Crippen LogP contribution in [-0.2, 0) is 4.74 Å². The predicted octanol–water partition coefficient (Wildman–Crippen LogP) is 5.70. The molecule has 2 saturated heterocycles. The minimum absolute atomic E-state index is 0.637. The van der Waals surface area contributed by atoms with Gasteiger partial charge in [-0.3, -0.25) is 0 Å². The Morgan fingerprint density at radius 3 is 2.00 bits per heavy atom. The number of unbranched alkanes of at least 4 members (excludes halogenated alkanes) is 2. The van der Waals surface area contributed by atoms with Crippen molar-refractivity contribution >= 4 is 0 Å². The summed E-state index contributed by atoms with van der Waals surface area (Å²) in [6.45, 7) is 2.46. The van der Waals surface area contributed by atoms with Gasteiger partial charge in [-0.1, -0.05) is 31.9 Å². The third-order valence-corrected chi connectivity index (χ3v) is 12.6. The van der Waals surface area contributed by atoms with Crippen LogP contribution in [0.1, 0.15) is 58.3 Å². The summed E-state index contributed by atoms with van der Waals surface area (Å²) in [6, 6.07) is 2.36. The quantitative estimate of drug-likeness (QED) is 0.335. The maximum atomic E-state index is 8.93. The van der Waals surface area contributed by atoms with Crippen molar-refractivity contribution in [1.82, 2.24) is 0 Å². The number of rotatable bonds is 5. The summed E-state index contributed by atoms with van der Waals surface area (Å²) in [5.41, 5.74) is 0. The van der Waals surface area contributed by atoms with E-state index in [9.17, 15) is 0 Å². The average molecular weight is 404 g/mol. The molecule has 7 fully saturated rings. The van der Waals surface area contributed by atoms with Gasteiger partial charge in [-0.05, 0) is 115 Å². The van der Waals surface area contributed by atoms with Gasteiger partial charge in [-0.15, -0.1) is 0 Å². The molecule has 8 rings (SSSR count). The van der Waals surface area contributed by atoms with Gasteiger partial charge in [0.1, 0.15) is 0 Å². The molecule has 0 aromatic carbocycles. The van der Waals surface area contributed by atoms with Crippen molar-refractivity contribution in [2.45, 2.75) is 70.5 Å². The number of nitriles is 1. The molecule has 0 aromatic rings. The Morgan fingerprint density at radius 2 is 1.37 bits per heavy atom. The molecule has 30 heavy (non-hydrogen) atoms. The molecule has 0 aromatic heterocycles. The Morgan fingerprint density at radius 1 is 0.767 bits per heavy atom. The van der Waals surface area contributed by atoms with E-state index in [0.717, 1.165) is 95.7 Å². The minimum Gasteiger partial charge on any atom is -0.374 e. The van der Waals surface area contributed by atoms with Crippen molar-refractivity contribution in [1.29, 1.82) is 5.26 Å². The lowest BCUT2D eigenvalue weighted by atomic mass is 9.53. The predicted molar refractivity (Wildman–Crippen MR) is 115 cm³/mol. The summed E-state index contributed by atoms with van der Waals surface area (Å²) in [5, 5.41) is 8.93. The third-order valence-electron chi connectivity index (χ3n) is 12.6. The first-order chi connectivity index (χ1) is 14.8. The lowest BCUT2D eigenvalue weighted by Crippen LogP contribution is -2.51. The van der Waals surface area contributed by atoms with E-state index in [0.29, 0.717) is 12.2 Å². The first-order valence-electron chi connectivity index (χ1n) is 13.5. The largest absolute Gasteiger partial charge is 0.374 e. The van der Waals surface area contributed by atoms with Gasteiger partial charge in [0.25, 0.3) is 0 Å². The maximum Gasteiger partial charge on any atom is 0.0648 e. The lowest BCUT2D eigenvalue weighted by Gasteiger charge is -2.49. The van der Waals surface area contributed by atoms with Crippen LogP contribution in [0.3, 0.4) is 0 Å². The second-order valence-corrected chi connectivity index (χ2v) is 12.7. The van der Waals surface area contributed by atoms with Gasteiger partial charge in [0, 0.05) is 6.42 Å². The van der Waals surface area contributed by atoms with Gasteiger partial charge in [0.05, 0.1) is 18.3 Å². The van der Waals surface area contributed by atoms with E-state index in [1.807, 2.05) is 0 Å². The van der Waals surface area contributed by atoms with Crippen LogP contribution in [0.2, 0.25) is 0 Å². The fourth-order valence-electron chi connectivity index (χ4n) is 12.4. The first-order valence-corrected chi connectivity index (χ1v) is 13.5. The van der Waals surface area contributed by atoms with Gasteiger partial charge < -0.3 is 4.74 Å². The fraction of sp³-hybridized carbons (Fsp3) is 0.893. The molecule has 8 bridgehead atoms. The van der Waals surface area contributed by atoms with Crippen molar-refractivity contribution in [3.63, 3.8) is 0 Å². The summed E-state index contributed by atoms with van der Waals surface area (Å²) in [5.74, 6) is 13.5. The average Bonchev–Trinajstić information content (AvgIpc) is 3.59. The molecule has 16 unspecified atom stereocenters. The summed E-state index contributed by atoms with van der Waals surface area (Å²) >= 11 is 0. The first kappa shape index (κ1) is 17.7. The van der Waals surface area contributed by atoms with Crippen molar-refractivity contribution in [3.05, 3.63) is 12.2 Å². The minimum atomic E-state index is 0.637. The molecule has 0 radical (unpaired) electrons. The standard InChI is InChI=1S/C28H37NO/c1-2-15-16(6-4-3-5-9-29)18-11-17(15)23-24(18)28-26-20-12-19(25(26)27(23)30-28)21-13-7-8-14(10-13)22(20)21/h7-8,13-28H,2-6,10-12H2,1H3. The highest BCUT2D eigenvalue weighted by Gasteiger charge is 2.77. The van der Waals surface area contributed by atoms with E-state index in [1.165, 1.54) is 32.1 Å². The summed E-state index contributed by atoms with van der Waals surface area (Å²) in [6.07, 6.45) is 17.0. The summed E-state index contributed by atoms with van der Waals surface area (Å²) in [7, 11) is 0. The Kier molecular flexibility index (Phi) is 3.51. The van der Waals surface area contributed by atoms with E-state index in [2.05, 4.69) is 25.1 Å². The molecular weight excluding hydrogens is 366 g/mol. The Labute approximate surface area is 181 Å². The van der Waals surface area contributed by atoms with Gasteiger partial charge in [-0.25, -0.2) is 0 Å². The van der Waals surface area contributed by atoms with Gasteiger partial charge >= 0.3 is 0 Å². The second-order valence-electron chi connectivity index (χ2n) is 12.7. The zero-order valence-corrected chi connectivity index (χ0v) is 18.4. The zero-order valence-electron chi connectivity index (χ0n) is 18.4. The number of hydrogen-bond donors (Lipinski definition) is 0. The van der Waals surface area contributed by atoms with Gasteiger partial charge in [0.2, 0.25) is 0 Å². The molecule has 0 N–H and O–H groups in total. The molecule has 160 valence electrons. The van der Waals surface area contributed by atoms with E-state index >= 15 is 0 Å². The third kappa shape index (κ3) is 1.86. The van der Waals surface area contributed by atoms with Crippen LogP contribution >= 0.6 is 0 Å². The van der Waals surface area contributed by atoms with E-state index < -0.39 is 0 Å². The van der Waals surface area contributed by atoms with E-state index in [-0.39, 0.29) is 0 Å². The van der Waals surface area contributed by atoms with Gasteiger partial charge in [-0.2, -0.15) is 5.26 Å². The van der Waals surface area contributed by atoms with Crippen LogP contribution < -0.4 is 0 Å². The molecular formula is C28H37NO. The van der Waals surface area contributed by atoms with Crippen molar-refractivity contribution in [2.75, 3.05) is 0 Å². The topological polar surface area (TPSA) is 33.0 Å². The second kappa shape index (κ2) is 5.95. The van der Waals surface area contributed by atoms with Crippen LogP contribution in [0.5, 0.6) is 0 Å². The van der Waals surface area contributed by atoms with Crippen LogP contribution in [0.25, 0.3) is 0 Å². The zero-order chi connectivity index (χ0) is 19.7. The molecule has 2 aliphatic heterocycles. The Hall–Kier alpha value is -0.810. The van der Waals surface area contributed by atoms with E-state index in [1.54, 1.807) is 6.42 Å². The van der Waals surface area contributed by atoms with Crippen LogP contribution in [0.4, 0.5) is 0 Å². The molecule has 16 atom stereocenters. The summed E-state index contributed by atoms with van der Waals surface area (Å²) < 4.78 is 7.04. The maximum absolute atomic E-state index is 8.93. The highest BCUT2D eigenvalue weighted by molar-refractivity contribution is 5.28. The normalized spacial score (nSPS) is 64.1. The molecule has 8 aliphatic rings. The molecule has 2 heterocycles. The molecule has 2 heteroatoms. The van der Waals surface area contributed by atoms with Crippen molar-refractivity contribution in [3.8, 4) is 6.07 Å². The Balaban J connectivity index is 1.09. The Bertz CT molecular complexity index is 827. The van der Waals surface area contributed by atoms with Crippen molar-refractivity contribution in [2.24, 2.45) is 82.9 Å². The molecule has 0 amide bonds. The number of allylic oxidation sites excluding steroid dienone is 2. The van der Waals surface area contributed by atoms with Gasteiger partial charge in [0.15, 0.2) is 0 Å². The van der Waals surface area contributed by atoms with Crippen molar-refractivity contribution < 1.29 is 4.74 Å². The van der Waals surface area contributed by atoms with E-state index in [4.69, 9.17) is 10.00 Å². The van der Waals surface area contributed by atoms with Crippen LogP contribution in [-0.4, -0.2) is 12.2 Å². The molecule has 5 saturated carbocycles. The number of fused-ring (bicyclic) bond motifs is 23. The molecule has 2 nitrogen and oxygen atoms in total. The number of ether oxygens (including phenoxy) is 1.